The Morgan fingerprint density at radius 2 is 1.56 bits per heavy atom. The zero-order valence-corrected chi connectivity index (χ0v) is 23.2. The molecule has 41 heavy (non-hydrogen) atoms. The van der Waals surface area contributed by atoms with Crippen LogP contribution >= 0.6 is 0 Å². The largest absolute Gasteiger partial charge is 0.465 e. The first-order valence-corrected chi connectivity index (χ1v) is 13.0. The standard InChI is InChI=1S/C31H30N4O6/c1-34(2)13-14-35(3)30(37)19-5-9-22(10-6-19)32-28(20-8-12-25-26(18-20)41-16-15-40-25)27-23-11-7-21(31(38)39-4)17-24(23)33-29(27)36/h5-12,15-18,27H,13-14H2,1-4H3,(H,33,36). The summed E-state index contributed by atoms with van der Waals surface area (Å²) in [6.45, 7) is 1.36. The number of hydrogen-bond donors (Lipinski definition) is 1. The molecule has 0 aromatic heterocycles. The van der Waals surface area contributed by atoms with Crippen molar-refractivity contribution in [3.05, 3.63) is 95.4 Å². The highest BCUT2D eigenvalue weighted by Crippen LogP contribution is 2.39. The average Bonchev–Trinajstić information content (AvgIpc) is 3.32. The third-order valence-electron chi connectivity index (χ3n) is 6.86. The molecule has 2 amide bonds. The summed E-state index contributed by atoms with van der Waals surface area (Å²) in [5, 5.41) is 2.87. The maximum Gasteiger partial charge on any atom is 0.337 e. The maximum absolute atomic E-state index is 13.4. The van der Waals surface area contributed by atoms with Crippen LogP contribution < -0.4 is 14.8 Å². The molecule has 1 N–H and O–H groups in total. The number of benzene rings is 3. The summed E-state index contributed by atoms with van der Waals surface area (Å²) < 4.78 is 16.0. The Kier molecular flexibility index (Phi) is 7.84. The summed E-state index contributed by atoms with van der Waals surface area (Å²) in [4.78, 5) is 46.9. The molecular weight excluding hydrogens is 524 g/mol. The van der Waals surface area contributed by atoms with Crippen molar-refractivity contribution in [1.82, 2.24) is 9.80 Å². The second kappa shape index (κ2) is 11.6. The number of likely N-dealkylation sites (N-methyl/N-ethyl adjacent to an activating group) is 2. The molecule has 3 aromatic rings. The van der Waals surface area contributed by atoms with Crippen LogP contribution in [0.4, 0.5) is 11.4 Å². The smallest absolute Gasteiger partial charge is 0.337 e. The van der Waals surface area contributed by atoms with Crippen LogP contribution in [0.25, 0.3) is 0 Å². The normalized spacial score (nSPS) is 15.4. The van der Waals surface area contributed by atoms with Crippen molar-refractivity contribution in [3.8, 4) is 11.5 Å². The highest BCUT2D eigenvalue weighted by molar-refractivity contribution is 6.24. The third-order valence-corrected chi connectivity index (χ3v) is 6.86. The highest BCUT2D eigenvalue weighted by Gasteiger charge is 2.36. The monoisotopic (exact) mass is 554 g/mol. The van der Waals surface area contributed by atoms with E-state index in [9.17, 15) is 14.4 Å². The molecule has 5 rings (SSSR count). The van der Waals surface area contributed by atoms with Crippen LogP contribution in [-0.4, -0.2) is 74.6 Å². The van der Waals surface area contributed by atoms with E-state index >= 15 is 0 Å². The van der Waals surface area contributed by atoms with Crippen molar-refractivity contribution in [1.29, 1.82) is 0 Å². The topological polar surface area (TPSA) is 110 Å². The lowest BCUT2D eigenvalue weighted by molar-refractivity contribution is -0.115. The number of anilines is 1. The summed E-state index contributed by atoms with van der Waals surface area (Å²) in [7, 11) is 7.00. The molecule has 2 aliphatic rings. The quantitative estimate of drug-likeness (QED) is 0.328. The van der Waals surface area contributed by atoms with Gasteiger partial charge in [-0.15, -0.1) is 0 Å². The fourth-order valence-corrected chi connectivity index (χ4v) is 4.62. The van der Waals surface area contributed by atoms with Gasteiger partial charge in [0.1, 0.15) is 18.4 Å². The van der Waals surface area contributed by atoms with E-state index in [1.54, 1.807) is 66.5 Å². The zero-order valence-electron chi connectivity index (χ0n) is 23.2. The molecule has 3 aromatic carbocycles. The summed E-state index contributed by atoms with van der Waals surface area (Å²) in [6.07, 6.45) is 2.87. The molecular formula is C31H30N4O6. The summed E-state index contributed by atoms with van der Waals surface area (Å²) >= 11 is 0. The molecule has 2 heterocycles. The van der Waals surface area contributed by atoms with Gasteiger partial charge in [0.15, 0.2) is 11.5 Å². The van der Waals surface area contributed by atoms with Gasteiger partial charge in [-0.25, -0.2) is 4.79 Å². The van der Waals surface area contributed by atoms with E-state index < -0.39 is 11.9 Å². The highest BCUT2D eigenvalue weighted by atomic mass is 16.5. The number of carbonyl (C=O) groups is 3. The molecule has 0 fully saturated rings. The SMILES string of the molecule is COC(=O)c1ccc2c(c1)NC(=O)C2C(=Nc1ccc(C(=O)N(C)CCN(C)C)cc1)c1ccc2c(c1)OC=CO2. The van der Waals surface area contributed by atoms with Crippen LogP contribution in [0.15, 0.2) is 78.2 Å². The third kappa shape index (κ3) is 5.82. The first-order chi connectivity index (χ1) is 19.7. The van der Waals surface area contributed by atoms with E-state index in [1.807, 2.05) is 25.1 Å². The number of esters is 1. The van der Waals surface area contributed by atoms with E-state index in [1.165, 1.54) is 19.6 Å². The van der Waals surface area contributed by atoms with Gasteiger partial charge in [0.2, 0.25) is 5.91 Å². The van der Waals surface area contributed by atoms with E-state index in [2.05, 4.69) is 5.32 Å². The van der Waals surface area contributed by atoms with Gasteiger partial charge in [0, 0.05) is 37.0 Å². The van der Waals surface area contributed by atoms with Gasteiger partial charge in [-0.2, -0.15) is 0 Å². The molecule has 2 aliphatic heterocycles. The second-order valence-electron chi connectivity index (χ2n) is 9.96. The van der Waals surface area contributed by atoms with Gasteiger partial charge in [-0.3, -0.25) is 14.6 Å². The van der Waals surface area contributed by atoms with Gasteiger partial charge in [0.25, 0.3) is 5.91 Å². The number of methoxy groups -OCH3 is 1. The number of hydrogen-bond acceptors (Lipinski definition) is 8. The fraction of sp³-hybridized carbons (Fsp3) is 0.226. The van der Waals surface area contributed by atoms with Crippen LogP contribution in [-0.2, 0) is 9.53 Å². The van der Waals surface area contributed by atoms with Crippen molar-refractivity contribution in [3.63, 3.8) is 0 Å². The first kappa shape index (κ1) is 27.6. The fourth-order valence-electron chi connectivity index (χ4n) is 4.62. The van der Waals surface area contributed by atoms with Crippen LogP contribution in [0.2, 0.25) is 0 Å². The molecule has 0 radical (unpaired) electrons. The van der Waals surface area contributed by atoms with Gasteiger partial charge in [-0.1, -0.05) is 6.07 Å². The second-order valence-corrected chi connectivity index (χ2v) is 9.96. The predicted octanol–water partition coefficient (Wildman–Crippen LogP) is 4.21. The number of rotatable bonds is 8. The Bertz CT molecular complexity index is 1560. The molecule has 10 nitrogen and oxygen atoms in total. The van der Waals surface area contributed by atoms with E-state index in [0.717, 1.165) is 6.54 Å². The number of nitrogens with zero attached hydrogens (tertiary/aromatic N) is 3. The Labute approximate surface area is 237 Å². The Balaban J connectivity index is 1.52. The molecule has 0 saturated carbocycles. The van der Waals surface area contributed by atoms with Crippen molar-refractivity contribution < 1.29 is 28.6 Å². The average molecular weight is 555 g/mol. The van der Waals surface area contributed by atoms with Crippen molar-refractivity contribution >= 4 is 34.9 Å². The molecule has 0 bridgehead atoms. The Hall–Kier alpha value is -4.96. The van der Waals surface area contributed by atoms with E-state index in [4.69, 9.17) is 19.2 Å². The van der Waals surface area contributed by atoms with Crippen LogP contribution in [0.1, 0.15) is 37.8 Å². The number of carbonyl (C=O) groups excluding carboxylic acids is 3. The lowest BCUT2D eigenvalue weighted by atomic mass is 9.90. The molecule has 1 atom stereocenters. The minimum atomic E-state index is -0.770. The molecule has 10 heteroatoms. The van der Waals surface area contributed by atoms with Crippen molar-refractivity contribution in [2.24, 2.45) is 4.99 Å². The number of fused-ring (bicyclic) bond motifs is 2. The number of ether oxygens (including phenoxy) is 3. The number of aliphatic imine (C=N–C) groups is 1. The minimum Gasteiger partial charge on any atom is -0.465 e. The van der Waals surface area contributed by atoms with Crippen LogP contribution in [0.5, 0.6) is 11.5 Å². The van der Waals surface area contributed by atoms with Gasteiger partial charge in [-0.05, 0) is 74.3 Å². The first-order valence-electron chi connectivity index (χ1n) is 13.0. The van der Waals surface area contributed by atoms with Crippen LogP contribution in [0, 0.1) is 0 Å². The van der Waals surface area contributed by atoms with Gasteiger partial charge in [0.05, 0.1) is 24.1 Å². The van der Waals surface area contributed by atoms with Crippen LogP contribution in [0.3, 0.4) is 0 Å². The summed E-state index contributed by atoms with van der Waals surface area (Å²) in [5.74, 6) is -0.623. The van der Waals surface area contributed by atoms with E-state index in [-0.39, 0.29) is 11.8 Å². The van der Waals surface area contributed by atoms with E-state index in [0.29, 0.717) is 57.4 Å². The molecule has 210 valence electrons. The Morgan fingerprint density at radius 1 is 0.878 bits per heavy atom. The zero-order chi connectivity index (χ0) is 29.1. The molecule has 0 spiro atoms. The van der Waals surface area contributed by atoms with Gasteiger partial charge >= 0.3 is 5.97 Å². The molecule has 1 unspecified atom stereocenters. The predicted molar refractivity (Wildman–Crippen MR) is 154 cm³/mol. The lowest BCUT2D eigenvalue weighted by Crippen LogP contribution is -2.33. The molecule has 0 aliphatic carbocycles. The number of nitrogens with one attached hydrogen (secondary N) is 1. The van der Waals surface area contributed by atoms with Crippen molar-refractivity contribution in [2.75, 3.05) is 46.7 Å². The molecule has 0 saturated heterocycles. The van der Waals surface area contributed by atoms with Crippen molar-refractivity contribution in [2.45, 2.75) is 5.92 Å². The van der Waals surface area contributed by atoms with Gasteiger partial charge < -0.3 is 29.3 Å². The Morgan fingerprint density at radius 3 is 2.27 bits per heavy atom. The maximum atomic E-state index is 13.4. The minimum absolute atomic E-state index is 0.0898. The lowest BCUT2D eigenvalue weighted by Gasteiger charge is -2.20. The summed E-state index contributed by atoms with van der Waals surface area (Å²) in [5.41, 5.74) is 3.73. The summed E-state index contributed by atoms with van der Waals surface area (Å²) in [6, 6.07) is 17.2. The number of amides is 2.